The third-order valence-electron chi connectivity index (χ3n) is 3.33. The Morgan fingerprint density at radius 2 is 2.37 bits per heavy atom. The Balaban J connectivity index is 2.21. The SMILES string of the molecule is CCOC(=O)C1(Nc2cccc(Br)c2)CCN(C)C1. The summed E-state index contributed by atoms with van der Waals surface area (Å²) in [5.74, 6) is -0.167. The molecule has 0 spiro atoms. The molecule has 1 aromatic rings. The number of nitrogens with one attached hydrogen (secondary N) is 1. The van der Waals surface area contributed by atoms with E-state index in [-0.39, 0.29) is 5.97 Å². The van der Waals surface area contributed by atoms with Gasteiger partial charge in [-0.25, -0.2) is 4.79 Å². The largest absolute Gasteiger partial charge is 0.464 e. The number of halogens is 1. The average molecular weight is 327 g/mol. The van der Waals surface area contributed by atoms with Crippen molar-refractivity contribution in [2.24, 2.45) is 0 Å². The molecule has 1 aliphatic rings. The predicted octanol–water partition coefficient (Wildman–Crippen LogP) is 2.50. The molecule has 1 heterocycles. The summed E-state index contributed by atoms with van der Waals surface area (Å²) in [4.78, 5) is 14.4. The van der Waals surface area contributed by atoms with Gasteiger partial charge in [-0.15, -0.1) is 0 Å². The van der Waals surface area contributed by atoms with Crippen LogP contribution in [0.4, 0.5) is 5.69 Å². The Morgan fingerprint density at radius 1 is 1.58 bits per heavy atom. The van der Waals surface area contributed by atoms with Gasteiger partial charge in [-0.1, -0.05) is 22.0 Å². The van der Waals surface area contributed by atoms with Gasteiger partial charge in [0, 0.05) is 23.2 Å². The van der Waals surface area contributed by atoms with Crippen LogP contribution in [0.1, 0.15) is 13.3 Å². The normalized spacial score (nSPS) is 23.3. The van der Waals surface area contributed by atoms with E-state index in [1.807, 2.05) is 38.2 Å². The molecule has 2 rings (SSSR count). The van der Waals surface area contributed by atoms with Gasteiger partial charge in [0.25, 0.3) is 0 Å². The second-order valence-corrected chi connectivity index (χ2v) is 5.84. The molecule has 19 heavy (non-hydrogen) atoms. The standard InChI is InChI=1S/C14H19BrN2O2/c1-3-19-13(18)14(7-8-17(2)10-14)16-12-6-4-5-11(15)9-12/h4-6,9,16H,3,7-8,10H2,1-2H3. The van der Waals surface area contributed by atoms with E-state index in [1.165, 1.54) is 0 Å². The Bertz CT molecular complexity index is 467. The van der Waals surface area contributed by atoms with E-state index in [1.54, 1.807) is 0 Å². The molecule has 0 aromatic heterocycles. The van der Waals surface area contributed by atoms with E-state index < -0.39 is 5.54 Å². The number of likely N-dealkylation sites (N-methyl/N-ethyl adjacent to an activating group) is 1. The van der Waals surface area contributed by atoms with Crippen LogP contribution in [0.3, 0.4) is 0 Å². The predicted molar refractivity (Wildman–Crippen MR) is 79.2 cm³/mol. The Hall–Kier alpha value is -1.07. The smallest absolute Gasteiger partial charge is 0.333 e. The minimum atomic E-state index is -0.633. The van der Waals surface area contributed by atoms with Gasteiger partial charge in [-0.2, -0.15) is 0 Å². The quantitative estimate of drug-likeness (QED) is 0.863. The highest BCUT2D eigenvalue weighted by molar-refractivity contribution is 9.10. The van der Waals surface area contributed by atoms with Crippen LogP contribution in [-0.4, -0.2) is 43.2 Å². The fourth-order valence-electron chi connectivity index (χ4n) is 2.43. The van der Waals surface area contributed by atoms with Gasteiger partial charge in [0.05, 0.1) is 6.61 Å². The first-order valence-corrected chi connectivity index (χ1v) is 7.24. The van der Waals surface area contributed by atoms with Crippen molar-refractivity contribution >= 4 is 27.6 Å². The zero-order valence-corrected chi connectivity index (χ0v) is 12.9. The summed E-state index contributed by atoms with van der Waals surface area (Å²) in [6, 6.07) is 7.84. The van der Waals surface area contributed by atoms with Crippen LogP contribution >= 0.6 is 15.9 Å². The van der Waals surface area contributed by atoms with Gasteiger partial charge in [0.2, 0.25) is 0 Å². The van der Waals surface area contributed by atoms with Crippen molar-refractivity contribution in [2.75, 3.05) is 32.1 Å². The summed E-state index contributed by atoms with van der Waals surface area (Å²) in [6.07, 6.45) is 0.759. The third kappa shape index (κ3) is 3.28. The monoisotopic (exact) mass is 326 g/mol. The van der Waals surface area contributed by atoms with Crippen LogP contribution in [0.5, 0.6) is 0 Å². The maximum Gasteiger partial charge on any atom is 0.333 e. The fourth-order valence-corrected chi connectivity index (χ4v) is 2.83. The molecule has 104 valence electrons. The fraction of sp³-hybridized carbons (Fsp3) is 0.500. The summed E-state index contributed by atoms with van der Waals surface area (Å²) in [7, 11) is 2.02. The van der Waals surface area contributed by atoms with Crippen molar-refractivity contribution in [1.82, 2.24) is 4.90 Å². The minimum absolute atomic E-state index is 0.167. The lowest BCUT2D eigenvalue weighted by Gasteiger charge is -2.29. The van der Waals surface area contributed by atoms with E-state index in [9.17, 15) is 4.79 Å². The van der Waals surface area contributed by atoms with Crippen LogP contribution in [0.15, 0.2) is 28.7 Å². The summed E-state index contributed by atoms with van der Waals surface area (Å²) < 4.78 is 6.23. The Labute approximate surface area is 122 Å². The van der Waals surface area contributed by atoms with E-state index in [0.717, 1.165) is 23.1 Å². The first-order chi connectivity index (χ1) is 9.05. The molecular weight excluding hydrogens is 308 g/mol. The number of carbonyl (C=O) groups is 1. The number of nitrogens with zero attached hydrogens (tertiary/aromatic N) is 1. The lowest BCUT2D eigenvalue weighted by Crippen LogP contribution is -2.49. The number of benzene rings is 1. The number of anilines is 1. The highest BCUT2D eigenvalue weighted by Gasteiger charge is 2.45. The molecule has 0 bridgehead atoms. The number of ether oxygens (including phenoxy) is 1. The van der Waals surface area contributed by atoms with Crippen molar-refractivity contribution < 1.29 is 9.53 Å². The zero-order chi connectivity index (χ0) is 13.9. The lowest BCUT2D eigenvalue weighted by molar-refractivity contribution is -0.148. The second-order valence-electron chi connectivity index (χ2n) is 4.93. The van der Waals surface area contributed by atoms with E-state index in [4.69, 9.17) is 4.74 Å². The van der Waals surface area contributed by atoms with Crippen molar-refractivity contribution in [3.8, 4) is 0 Å². The molecule has 1 aliphatic heterocycles. The molecule has 0 radical (unpaired) electrons. The molecule has 0 amide bonds. The summed E-state index contributed by atoms with van der Waals surface area (Å²) >= 11 is 3.44. The van der Waals surface area contributed by atoms with Crippen molar-refractivity contribution in [2.45, 2.75) is 18.9 Å². The summed E-state index contributed by atoms with van der Waals surface area (Å²) in [6.45, 7) is 3.80. The minimum Gasteiger partial charge on any atom is -0.464 e. The van der Waals surface area contributed by atoms with Gasteiger partial charge in [-0.05, 0) is 38.6 Å². The Kier molecular flexibility index (Phi) is 4.47. The number of likely N-dealkylation sites (tertiary alicyclic amines) is 1. The molecule has 5 heteroatoms. The van der Waals surface area contributed by atoms with E-state index >= 15 is 0 Å². The molecular formula is C14H19BrN2O2. The van der Waals surface area contributed by atoms with Crippen molar-refractivity contribution in [3.05, 3.63) is 28.7 Å². The van der Waals surface area contributed by atoms with Gasteiger partial charge in [0.15, 0.2) is 0 Å². The molecule has 1 atom stereocenters. The highest BCUT2D eigenvalue weighted by atomic mass is 79.9. The van der Waals surface area contributed by atoms with Crippen LogP contribution in [0.2, 0.25) is 0 Å². The van der Waals surface area contributed by atoms with Gasteiger partial charge < -0.3 is 15.0 Å². The van der Waals surface area contributed by atoms with E-state index in [0.29, 0.717) is 13.2 Å². The molecule has 0 aliphatic carbocycles. The number of hydrogen-bond donors (Lipinski definition) is 1. The molecule has 1 aromatic carbocycles. The lowest BCUT2D eigenvalue weighted by atomic mass is 9.98. The molecule has 1 N–H and O–H groups in total. The molecule has 1 unspecified atom stereocenters. The molecule has 1 fully saturated rings. The van der Waals surface area contributed by atoms with Gasteiger partial charge >= 0.3 is 5.97 Å². The maximum atomic E-state index is 12.3. The van der Waals surface area contributed by atoms with Crippen molar-refractivity contribution in [1.29, 1.82) is 0 Å². The number of carbonyl (C=O) groups excluding carboxylic acids is 1. The average Bonchev–Trinajstić information content (AvgIpc) is 2.72. The second kappa shape index (κ2) is 5.92. The topological polar surface area (TPSA) is 41.6 Å². The number of rotatable bonds is 4. The van der Waals surface area contributed by atoms with Crippen LogP contribution in [0.25, 0.3) is 0 Å². The van der Waals surface area contributed by atoms with Gasteiger partial charge in [0.1, 0.15) is 5.54 Å². The van der Waals surface area contributed by atoms with Crippen LogP contribution < -0.4 is 5.32 Å². The first-order valence-electron chi connectivity index (χ1n) is 6.45. The number of hydrogen-bond acceptors (Lipinski definition) is 4. The molecule has 1 saturated heterocycles. The summed E-state index contributed by atoms with van der Waals surface area (Å²) in [5, 5.41) is 3.36. The maximum absolute atomic E-state index is 12.3. The Morgan fingerprint density at radius 3 is 2.95 bits per heavy atom. The number of esters is 1. The zero-order valence-electron chi connectivity index (χ0n) is 11.3. The summed E-state index contributed by atoms with van der Waals surface area (Å²) in [5.41, 5.74) is 0.295. The third-order valence-corrected chi connectivity index (χ3v) is 3.83. The van der Waals surface area contributed by atoms with Crippen LogP contribution in [-0.2, 0) is 9.53 Å². The van der Waals surface area contributed by atoms with E-state index in [2.05, 4.69) is 26.1 Å². The van der Waals surface area contributed by atoms with Crippen LogP contribution in [0, 0.1) is 0 Å². The first kappa shape index (κ1) is 14.3. The molecule has 4 nitrogen and oxygen atoms in total. The highest BCUT2D eigenvalue weighted by Crippen LogP contribution is 2.28. The molecule has 0 saturated carbocycles. The van der Waals surface area contributed by atoms with Crippen molar-refractivity contribution in [3.63, 3.8) is 0 Å². The van der Waals surface area contributed by atoms with Gasteiger partial charge in [-0.3, -0.25) is 0 Å².